The van der Waals surface area contributed by atoms with Gasteiger partial charge >= 0.3 is 0 Å². The Labute approximate surface area is 165 Å². The number of H-pyrrole nitrogens is 1. The van der Waals surface area contributed by atoms with Gasteiger partial charge in [-0.1, -0.05) is 19.1 Å². The van der Waals surface area contributed by atoms with E-state index in [-0.39, 0.29) is 18.0 Å². The molecule has 0 saturated carbocycles. The van der Waals surface area contributed by atoms with Crippen molar-refractivity contribution in [3.05, 3.63) is 51.4 Å². The number of likely N-dealkylation sites (tertiary alicyclic amines) is 1. The van der Waals surface area contributed by atoms with Gasteiger partial charge in [0.25, 0.3) is 11.3 Å². The van der Waals surface area contributed by atoms with Crippen molar-refractivity contribution < 1.29 is 0 Å². The van der Waals surface area contributed by atoms with Crippen LogP contribution < -0.4 is 5.56 Å². The van der Waals surface area contributed by atoms with Crippen LogP contribution in [0.3, 0.4) is 0 Å². The molecule has 0 bridgehead atoms. The third-order valence-corrected chi connectivity index (χ3v) is 5.43. The zero-order valence-corrected chi connectivity index (χ0v) is 16.8. The molecule has 0 aliphatic carbocycles. The normalized spacial score (nSPS) is 15.8. The number of rotatable bonds is 3. The van der Waals surface area contributed by atoms with E-state index in [0.717, 1.165) is 30.3 Å². The summed E-state index contributed by atoms with van der Waals surface area (Å²) in [5.41, 5.74) is 4.08. The Hall–Kier alpha value is -2.18. The summed E-state index contributed by atoms with van der Waals surface area (Å²) < 4.78 is 1.42. The van der Waals surface area contributed by atoms with E-state index in [4.69, 9.17) is 0 Å². The molecule has 27 heavy (non-hydrogen) atoms. The maximum absolute atomic E-state index is 12.5. The minimum Gasteiger partial charge on any atom is -0.297 e. The Morgan fingerprint density at radius 1 is 1.11 bits per heavy atom. The molecule has 7 heteroatoms. The summed E-state index contributed by atoms with van der Waals surface area (Å²) in [6, 6.07) is 7.78. The van der Waals surface area contributed by atoms with E-state index in [1.165, 1.54) is 28.5 Å². The number of aryl methyl sites for hydroxylation is 2. The SMILES string of the molecule is Cc1ccc(-c2nc3nc(CN4CCC(C)CC4)cc(=O)n3[nH]2)cc1C.Cl. The fraction of sp³-hybridized carbons (Fsp3) is 0.450. The standard InChI is InChI=1S/C20H25N5O.ClH/c1-13-6-8-24(9-7-13)12-17-11-18(26)25-20(21-17)22-19(23-25)16-5-4-14(2)15(3)10-16;/h4-5,10-11,13H,6-9,12H2,1-3H3,(H,21,22,23);1H. The van der Waals surface area contributed by atoms with Gasteiger partial charge in [-0.25, -0.2) is 4.98 Å². The number of piperidine rings is 1. The second-order valence-corrected chi connectivity index (χ2v) is 7.55. The number of aromatic nitrogens is 4. The van der Waals surface area contributed by atoms with Crippen molar-refractivity contribution in [1.29, 1.82) is 0 Å². The van der Waals surface area contributed by atoms with Gasteiger partial charge in [0.1, 0.15) is 0 Å². The number of hydrogen-bond acceptors (Lipinski definition) is 4. The molecule has 0 atom stereocenters. The van der Waals surface area contributed by atoms with Crippen LogP contribution in [-0.4, -0.2) is 37.6 Å². The Kier molecular flexibility index (Phi) is 5.67. The third kappa shape index (κ3) is 4.06. The molecule has 0 spiro atoms. The van der Waals surface area contributed by atoms with Crippen molar-refractivity contribution in [2.75, 3.05) is 13.1 Å². The molecule has 3 aromatic rings. The first-order chi connectivity index (χ1) is 12.5. The number of halogens is 1. The molecule has 1 aromatic carbocycles. The highest BCUT2D eigenvalue weighted by Crippen LogP contribution is 2.20. The van der Waals surface area contributed by atoms with Crippen molar-refractivity contribution in [3.63, 3.8) is 0 Å². The highest BCUT2D eigenvalue weighted by atomic mass is 35.5. The third-order valence-electron chi connectivity index (χ3n) is 5.43. The molecule has 1 aliphatic heterocycles. The summed E-state index contributed by atoms with van der Waals surface area (Å²) >= 11 is 0. The molecule has 0 amide bonds. The first-order valence-electron chi connectivity index (χ1n) is 9.28. The van der Waals surface area contributed by atoms with Crippen LogP contribution in [0.1, 0.15) is 36.6 Å². The Balaban J connectivity index is 0.00000210. The lowest BCUT2D eigenvalue weighted by atomic mass is 9.99. The quantitative estimate of drug-likeness (QED) is 0.748. The average Bonchev–Trinajstić information content (AvgIpc) is 3.04. The highest BCUT2D eigenvalue weighted by molar-refractivity contribution is 5.85. The monoisotopic (exact) mass is 387 g/mol. The number of fused-ring (bicyclic) bond motifs is 1. The van der Waals surface area contributed by atoms with E-state index >= 15 is 0 Å². The van der Waals surface area contributed by atoms with E-state index in [2.05, 4.69) is 52.9 Å². The zero-order valence-electron chi connectivity index (χ0n) is 16.0. The Bertz CT molecular complexity index is 1000. The smallest absolute Gasteiger partial charge is 0.274 e. The van der Waals surface area contributed by atoms with Gasteiger partial charge in [-0.3, -0.25) is 14.8 Å². The minimum atomic E-state index is -0.113. The second kappa shape index (κ2) is 7.82. The van der Waals surface area contributed by atoms with Gasteiger partial charge in [0, 0.05) is 18.2 Å². The number of nitrogens with zero attached hydrogens (tertiary/aromatic N) is 4. The van der Waals surface area contributed by atoms with Crippen molar-refractivity contribution in [2.45, 2.75) is 40.2 Å². The van der Waals surface area contributed by atoms with Gasteiger partial charge in [-0.05, 0) is 62.9 Å². The van der Waals surface area contributed by atoms with E-state index in [9.17, 15) is 4.79 Å². The van der Waals surface area contributed by atoms with Crippen molar-refractivity contribution in [3.8, 4) is 11.4 Å². The van der Waals surface area contributed by atoms with E-state index in [1.54, 1.807) is 6.07 Å². The van der Waals surface area contributed by atoms with Crippen LogP contribution in [0.2, 0.25) is 0 Å². The van der Waals surface area contributed by atoms with Gasteiger partial charge in [0.2, 0.25) is 0 Å². The van der Waals surface area contributed by atoms with Crippen molar-refractivity contribution in [1.82, 2.24) is 24.5 Å². The number of hydrogen-bond donors (Lipinski definition) is 1. The van der Waals surface area contributed by atoms with Crippen LogP contribution in [-0.2, 0) is 6.54 Å². The van der Waals surface area contributed by atoms with Gasteiger partial charge in [-0.15, -0.1) is 12.4 Å². The Morgan fingerprint density at radius 2 is 1.85 bits per heavy atom. The lowest BCUT2D eigenvalue weighted by Gasteiger charge is -2.29. The lowest BCUT2D eigenvalue weighted by Crippen LogP contribution is -2.33. The summed E-state index contributed by atoms with van der Waals surface area (Å²) in [7, 11) is 0. The largest absolute Gasteiger partial charge is 0.297 e. The summed E-state index contributed by atoms with van der Waals surface area (Å²) in [6.45, 7) is 9.30. The summed E-state index contributed by atoms with van der Waals surface area (Å²) in [4.78, 5) is 24.0. The fourth-order valence-corrected chi connectivity index (χ4v) is 3.48. The molecule has 2 aromatic heterocycles. The molecule has 3 heterocycles. The topological polar surface area (TPSA) is 66.3 Å². The number of aromatic amines is 1. The molecule has 6 nitrogen and oxygen atoms in total. The molecular formula is C20H26ClN5O. The summed E-state index contributed by atoms with van der Waals surface area (Å²) in [5.74, 6) is 1.90. The van der Waals surface area contributed by atoms with Crippen LogP contribution in [0, 0.1) is 19.8 Å². The van der Waals surface area contributed by atoms with Gasteiger partial charge in [0.05, 0.1) is 5.69 Å². The van der Waals surface area contributed by atoms with Crippen LogP contribution in [0.25, 0.3) is 17.2 Å². The van der Waals surface area contributed by atoms with Gasteiger partial charge in [-0.2, -0.15) is 9.50 Å². The molecular weight excluding hydrogens is 362 g/mol. The predicted molar refractivity (Wildman–Crippen MR) is 109 cm³/mol. The number of benzene rings is 1. The highest BCUT2D eigenvalue weighted by Gasteiger charge is 2.17. The molecule has 1 fully saturated rings. The summed E-state index contributed by atoms with van der Waals surface area (Å²) in [6.07, 6.45) is 2.42. The van der Waals surface area contributed by atoms with Crippen molar-refractivity contribution >= 4 is 18.2 Å². The fourth-order valence-electron chi connectivity index (χ4n) is 3.48. The first-order valence-corrected chi connectivity index (χ1v) is 9.28. The number of nitrogens with one attached hydrogen (secondary N) is 1. The first kappa shape index (κ1) is 19.6. The maximum atomic E-state index is 12.5. The molecule has 0 unspecified atom stereocenters. The summed E-state index contributed by atoms with van der Waals surface area (Å²) in [5, 5.41) is 3.08. The Morgan fingerprint density at radius 3 is 2.56 bits per heavy atom. The molecule has 4 rings (SSSR count). The van der Waals surface area contributed by atoms with E-state index in [1.807, 2.05) is 6.07 Å². The maximum Gasteiger partial charge on any atom is 0.274 e. The van der Waals surface area contributed by atoms with Crippen LogP contribution in [0.15, 0.2) is 29.1 Å². The van der Waals surface area contributed by atoms with Crippen LogP contribution in [0.4, 0.5) is 0 Å². The second-order valence-electron chi connectivity index (χ2n) is 7.55. The van der Waals surface area contributed by atoms with Gasteiger partial charge < -0.3 is 0 Å². The minimum absolute atomic E-state index is 0. The average molecular weight is 388 g/mol. The van der Waals surface area contributed by atoms with E-state index in [0.29, 0.717) is 18.1 Å². The van der Waals surface area contributed by atoms with Crippen molar-refractivity contribution in [2.24, 2.45) is 5.92 Å². The van der Waals surface area contributed by atoms with Gasteiger partial charge in [0.15, 0.2) is 5.82 Å². The zero-order chi connectivity index (χ0) is 18.3. The molecule has 0 radical (unpaired) electrons. The van der Waals surface area contributed by atoms with Crippen LogP contribution in [0.5, 0.6) is 0 Å². The predicted octanol–water partition coefficient (Wildman–Crippen LogP) is 3.36. The molecule has 1 saturated heterocycles. The molecule has 144 valence electrons. The lowest BCUT2D eigenvalue weighted by molar-refractivity contribution is 0.183. The van der Waals surface area contributed by atoms with Crippen LogP contribution >= 0.6 is 12.4 Å². The molecule has 1 aliphatic rings. The van der Waals surface area contributed by atoms with E-state index < -0.39 is 0 Å². The molecule has 1 N–H and O–H groups in total.